The van der Waals surface area contributed by atoms with E-state index in [1.807, 2.05) is 0 Å². The van der Waals surface area contributed by atoms with Crippen LogP contribution < -0.4 is 5.69 Å². The van der Waals surface area contributed by atoms with Crippen molar-refractivity contribution in [3.05, 3.63) is 45.8 Å². The highest BCUT2D eigenvalue weighted by molar-refractivity contribution is 5.65. The molecule has 1 fully saturated rings. The number of azide groups is 1. The van der Waals surface area contributed by atoms with Gasteiger partial charge in [-0.3, -0.25) is 9.36 Å². The van der Waals surface area contributed by atoms with Crippen LogP contribution in [0.4, 0.5) is 0 Å². The van der Waals surface area contributed by atoms with Crippen molar-refractivity contribution in [2.45, 2.75) is 31.7 Å². The number of rotatable bonds is 5. The summed E-state index contributed by atoms with van der Waals surface area (Å²) < 4.78 is 13.3. The molecule has 0 N–H and O–H groups in total. The Balaban J connectivity index is 1.80. The second-order valence-electron chi connectivity index (χ2n) is 5.26. The first-order valence-electron chi connectivity index (χ1n) is 7.35. The van der Waals surface area contributed by atoms with E-state index >= 15 is 0 Å². The molecule has 0 aliphatic carbocycles. The molecule has 1 saturated heterocycles. The second kappa shape index (κ2) is 7.11. The molecule has 0 saturated carbocycles. The van der Waals surface area contributed by atoms with Crippen LogP contribution in [-0.4, -0.2) is 49.0 Å². The minimum absolute atomic E-state index is 0.0608. The van der Waals surface area contributed by atoms with Crippen molar-refractivity contribution in [2.24, 2.45) is 5.11 Å². The van der Waals surface area contributed by atoms with Gasteiger partial charge in [0, 0.05) is 24.5 Å². The molecule has 12 nitrogen and oxygen atoms in total. The summed E-state index contributed by atoms with van der Waals surface area (Å²) in [6, 6.07) is 1.03. The average Bonchev–Trinajstić information content (AvgIpc) is 3.23. The van der Waals surface area contributed by atoms with E-state index < -0.39 is 30.0 Å². The SMILES string of the molecule is CC(=O)OC[C@H]1O[C@@H](n2ccc(-n3cncn3)nc2=O)C[C@H]1N=[N+]=[N-]. The van der Waals surface area contributed by atoms with Gasteiger partial charge in [-0.15, -0.1) is 0 Å². The number of hydrogen-bond donors (Lipinski definition) is 0. The number of hydrogen-bond acceptors (Lipinski definition) is 8. The van der Waals surface area contributed by atoms with Gasteiger partial charge in [0.1, 0.15) is 31.6 Å². The lowest BCUT2D eigenvalue weighted by Gasteiger charge is -2.16. The normalized spacial score (nSPS) is 22.4. The molecular weight excluding hydrogens is 332 g/mol. The van der Waals surface area contributed by atoms with Crippen LogP contribution >= 0.6 is 0 Å². The number of esters is 1. The first kappa shape index (κ1) is 16.6. The first-order chi connectivity index (χ1) is 12.1. The predicted molar refractivity (Wildman–Crippen MR) is 81.5 cm³/mol. The topological polar surface area (TPSA) is 150 Å². The fourth-order valence-corrected chi connectivity index (χ4v) is 2.50. The zero-order valence-electron chi connectivity index (χ0n) is 13.2. The molecule has 0 unspecified atom stereocenters. The van der Waals surface area contributed by atoms with Gasteiger partial charge >= 0.3 is 11.7 Å². The Bertz CT molecular complexity index is 857. The largest absolute Gasteiger partial charge is 0.463 e. The van der Waals surface area contributed by atoms with Crippen LogP contribution in [-0.2, 0) is 14.3 Å². The van der Waals surface area contributed by atoms with Gasteiger partial charge in [-0.1, -0.05) is 5.11 Å². The van der Waals surface area contributed by atoms with E-state index in [0.29, 0.717) is 5.82 Å². The molecule has 0 radical (unpaired) electrons. The van der Waals surface area contributed by atoms with Crippen LogP contribution in [0.25, 0.3) is 16.3 Å². The molecule has 1 aliphatic rings. The third kappa shape index (κ3) is 3.65. The summed E-state index contributed by atoms with van der Waals surface area (Å²) in [5.74, 6) is -0.150. The van der Waals surface area contributed by atoms with Crippen LogP contribution in [0.3, 0.4) is 0 Å². The van der Waals surface area contributed by atoms with Gasteiger partial charge in [-0.05, 0) is 11.6 Å². The molecule has 1 aliphatic heterocycles. The predicted octanol–water partition coefficient (Wildman–Crippen LogP) is 0.353. The second-order valence-corrected chi connectivity index (χ2v) is 5.26. The van der Waals surface area contributed by atoms with Crippen molar-refractivity contribution in [1.82, 2.24) is 24.3 Å². The first-order valence-corrected chi connectivity index (χ1v) is 7.35. The Kier molecular flexibility index (Phi) is 4.73. The van der Waals surface area contributed by atoms with E-state index in [2.05, 4.69) is 25.1 Å². The van der Waals surface area contributed by atoms with Crippen molar-refractivity contribution in [3.8, 4) is 5.82 Å². The number of nitrogens with zero attached hydrogens (tertiary/aromatic N) is 8. The Morgan fingerprint density at radius 3 is 3.08 bits per heavy atom. The van der Waals surface area contributed by atoms with Gasteiger partial charge < -0.3 is 9.47 Å². The van der Waals surface area contributed by atoms with E-state index in [1.54, 1.807) is 6.07 Å². The molecule has 0 bridgehead atoms. The summed E-state index contributed by atoms with van der Waals surface area (Å²) >= 11 is 0. The van der Waals surface area contributed by atoms with Gasteiger partial charge in [0.25, 0.3) is 0 Å². The Morgan fingerprint density at radius 1 is 1.60 bits per heavy atom. The van der Waals surface area contributed by atoms with Gasteiger partial charge in [0.15, 0.2) is 5.82 Å². The third-order valence-corrected chi connectivity index (χ3v) is 3.63. The number of carbonyl (C=O) groups is 1. The van der Waals surface area contributed by atoms with Crippen LogP contribution in [0.1, 0.15) is 19.6 Å². The Morgan fingerprint density at radius 2 is 2.44 bits per heavy atom. The number of ether oxygens (including phenoxy) is 2. The number of carbonyl (C=O) groups excluding carboxylic acids is 1. The summed E-state index contributed by atoms with van der Waals surface area (Å²) in [5, 5.41) is 7.56. The fourth-order valence-electron chi connectivity index (χ4n) is 2.50. The van der Waals surface area contributed by atoms with Crippen LogP contribution in [0.2, 0.25) is 0 Å². The molecule has 3 heterocycles. The maximum atomic E-state index is 12.3. The highest BCUT2D eigenvalue weighted by atomic mass is 16.6. The van der Waals surface area contributed by atoms with Gasteiger partial charge in [-0.2, -0.15) is 10.1 Å². The summed E-state index contributed by atoms with van der Waals surface area (Å²) in [6.45, 7) is 1.21. The molecule has 0 aromatic carbocycles. The molecule has 12 heteroatoms. The zero-order valence-corrected chi connectivity index (χ0v) is 13.2. The Labute approximate surface area is 140 Å². The molecule has 0 spiro atoms. The molecule has 3 rings (SSSR count). The highest BCUT2D eigenvalue weighted by Gasteiger charge is 2.37. The molecule has 2 aromatic rings. The van der Waals surface area contributed by atoms with Crippen molar-refractivity contribution in [2.75, 3.05) is 6.61 Å². The van der Waals surface area contributed by atoms with E-state index in [-0.39, 0.29) is 13.0 Å². The summed E-state index contributed by atoms with van der Waals surface area (Å²) in [4.78, 5) is 33.7. The van der Waals surface area contributed by atoms with Gasteiger partial charge in [0.05, 0.1) is 6.04 Å². The van der Waals surface area contributed by atoms with Crippen LogP contribution in [0.5, 0.6) is 0 Å². The van der Waals surface area contributed by atoms with E-state index in [0.717, 1.165) is 0 Å². The lowest BCUT2D eigenvalue weighted by molar-refractivity contribution is -0.146. The summed E-state index contributed by atoms with van der Waals surface area (Å²) in [6.07, 6.45) is 3.22. The minimum atomic E-state index is -0.680. The van der Waals surface area contributed by atoms with Crippen molar-refractivity contribution < 1.29 is 14.3 Å². The van der Waals surface area contributed by atoms with Crippen molar-refractivity contribution in [3.63, 3.8) is 0 Å². The highest BCUT2D eigenvalue weighted by Crippen LogP contribution is 2.30. The number of aromatic nitrogens is 5. The van der Waals surface area contributed by atoms with Gasteiger partial charge in [-0.25, -0.2) is 14.5 Å². The molecule has 3 atom stereocenters. The monoisotopic (exact) mass is 346 g/mol. The molecular formula is C13H14N8O4. The molecule has 2 aromatic heterocycles. The van der Waals surface area contributed by atoms with Crippen molar-refractivity contribution >= 4 is 5.97 Å². The molecule has 25 heavy (non-hydrogen) atoms. The van der Waals surface area contributed by atoms with E-state index in [4.69, 9.17) is 15.0 Å². The average molecular weight is 346 g/mol. The van der Waals surface area contributed by atoms with Crippen LogP contribution in [0.15, 0.2) is 34.8 Å². The quantitative estimate of drug-likeness (QED) is 0.328. The zero-order chi connectivity index (χ0) is 17.8. The third-order valence-electron chi connectivity index (χ3n) is 3.63. The standard InChI is InChI=1S/C13H14N8O4/c1-8(22)24-5-10-9(18-19-14)4-12(25-10)20-3-2-11(17-13(20)23)21-7-15-6-16-21/h2-3,6-7,9-10,12H,4-5H2,1H3/t9-,10-,12-/m1/s1. The van der Waals surface area contributed by atoms with Gasteiger partial charge in [0.2, 0.25) is 0 Å². The van der Waals surface area contributed by atoms with Crippen molar-refractivity contribution in [1.29, 1.82) is 0 Å². The van der Waals surface area contributed by atoms with E-state index in [1.165, 1.54) is 35.0 Å². The van der Waals surface area contributed by atoms with E-state index in [9.17, 15) is 9.59 Å². The maximum Gasteiger partial charge on any atom is 0.351 e. The maximum absolute atomic E-state index is 12.3. The molecule has 130 valence electrons. The summed E-state index contributed by atoms with van der Waals surface area (Å²) in [5.41, 5.74) is 8.12. The smallest absolute Gasteiger partial charge is 0.351 e. The molecule has 0 amide bonds. The Hall–Kier alpha value is -3.24. The fraction of sp³-hybridized carbons (Fsp3) is 0.462. The lowest BCUT2D eigenvalue weighted by Crippen LogP contribution is -2.29. The summed E-state index contributed by atoms with van der Waals surface area (Å²) in [7, 11) is 0. The lowest BCUT2D eigenvalue weighted by atomic mass is 10.1. The van der Waals surface area contributed by atoms with Crippen LogP contribution in [0, 0.1) is 0 Å². The minimum Gasteiger partial charge on any atom is -0.463 e.